The molecule has 0 unspecified atom stereocenters. The van der Waals surface area contributed by atoms with E-state index in [1.807, 2.05) is 12.1 Å². The lowest BCUT2D eigenvalue weighted by atomic mass is 10.0. The van der Waals surface area contributed by atoms with Crippen molar-refractivity contribution in [2.24, 2.45) is 0 Å². The van der Waals surface area contributed by atoms with Crippen molar-refractivity contribution in [1.82, 2.24) is 0 Å². The van der Waals surface area contributed by atoms with Crippen molar-refractivity contribution in [2.45, 2.75) is 26.3 Å². The predicted octanol–water partition coefficient (Wildman–Crippen LogP) is 3.91. The van der Waals surface area contributed by atoms with Crippen molar-refractivity contribution in [1.29, 1.82) is 0 Å². The molecule has 2 aromatic rings. The summed E-state index contributed by atoms with van der Waals surface area (Å²) in [5, 5.41) is 14.1. The fraction of sp³-hybridized carbons (Fsp3) is 0.250. The van der Waals surface area contributed by atoms with Gasteiger partial charge in [0.1, 0.15) is 11.4 Å². The Bertz CT molecular complexity index is 636. The molecule has 0 saturated heterocycles. The van der Waals surface area contributed by atoms with Crippen LogP contribution >= 0.6 is 0 Å². The van der Waals surface area contributed by atoms with E-state index in [1.54, 1.807) is 12.1 Å². The summed E-state index contributed by atoms with van der Waals surface area (Å²) >= 11 is 0. The Morgan fingerprint density at radius 2 is 1.86 bits per heavy atom. The van der Waals surface area contributed by atoms with E-state index in [0.717, 1.165) is 5.56 Å². The van der Waals surface area contributed by atoms with Gasteiger partial charge in [-0.25, -0.2) is 0 Å². The zero-order valence-corrected chi connectivity index (χ0v) is 12.2. The third-order valence-corrected chi connectivity index (χ3v) is 3.38. The second kappa shape index (κ2) is 6.26. The number of nitrogens with one attached hydrogen (secondary N) is 1. The second-order valence-electron chi connectivity index (χ2n) is 5.25. The molecule has 5 nitrogen and oxygen atoms in total. The van der Waals surface area contributed by atoms with Crippen LogP contribution in [0, 0.1) is 10.1 Å². The minimum absolute atomic E-state index is 0.0729. The lowest BCUT2D eigenvalue weighted by Crippen LogP contribution is -2.04. The normalized spacial score (nSPS) is 10.6. The van der Waals surface area contributed by atoms with Gasteiger partial charge in [-0.15, -0.1) is 0 Å². The second-order valence-corrected chi connectivity index (χ2v) is 5.25. The first-order valence-electron chi connectivity index (χ1n) is 6.84. The summed E-state index contributed by atoms with van der Waals surface area (Å²) in [5.41, 5.74) is 8.53. The SMILES string of the molecule is CC(C)c1ccc(CNc2cccc(N)c2[N+](=O)[O-])cc1. The summed E-state index contributed by atoms with van der Waals surface area (Å²) in [6.45, 7) is 4.80. The van der Waals surface area contributed by atoms with Crippen molar-refractivity contribution < 1.29 is 4.92 Å². The van der Waals surface area contributed by atoms with E-state index in [4.69, 9.17) is 5.73 Å². The molecular formula is C16H19N3O2. The van der Waals surface area contributed by atoms with Gasteiger partial charge >= 0.3 is 5.69 Å². The maximum atomic E-state index is 11.1. The molecule has 0 aliphatic carbocycles. The maximum Gasteiger partial charge on any atom is 0.314 e. The summed E-state index contributed by atoms with van der Waals surface area (Å²) in [6.07, 6.45) is 0. The quantitative estimate of drug-likeness (QED) is 0.495. The Labute approximate surface area is 123 Å². The first-order chi connectivity index (χ1) is 9.99. The third-order valence-electron chi connectivity index (χ3n) is 3.38. The molecule has 0 spiro atoms. The number of para-hydroxylation sites is 1. The Morgan fingerprint density at radius 3 is 2.43 bits per heavy atom. The monoisotopic (exact) mass is 285 g/mol. The molecule has 5 heteroatoms. The van der Waals surface area contributed by atoms with Gasteiger partial charge in [0, 0.05) is 6.54 Å². The van der Waals surface area contributed by atoms with Gasteiger partial charge in [-0.3, -0.25) is 10.1 Å². The van der Waals surface area contributed by atoms with Crippen LogP contribution in [-0.2, 0) is 6.54 Å². The minimum atomic E-state index is -0.459. The molecule has 3 N–H and O–H groups in total. The van der Waals surface area contributed by atoms with Crippen molar-refractivity contribution in [2.75, 3.05) is 11.1 Å². The average Bonchev–Trinajstić information content (AvgIpc) is 2.45. The lowest BCUT2D eigenvalue weighted by Gasteiger charge is -2.10. The highest BCUT2D eigenvalue weighted by Gasteiger charge is 2.17. The predicted molar refractivity (Wildman–Crippen MR) is 85.4 cm³/mol. The Hall–Kier alpha value is -2.56. The highest BCUT2D eigenvalue weighted by atomic mass is 16.6. The van der Waals surface area contributed by atoms with Crippen LogP contribution in [0.25, 0.3) is 0 Å². The molecule has 0 aromatic heterocycles. The molecular weight excluding hydrogens is 266 g/mol. The highest BCUT2D eigenvalue weighted by molar-refractivity contribution is 5.74. The molecule has 0 fully saturated rings. The molecule has 0 saturated carbocycles. The van der Waals surface area contributed by atoms with Crippen LogP contribution in [0.3, 0.4) is 0 Å². The van der Waals surface area contributed by atoms with Crippen molar-refractivity contribution in [3.63, 3.8) is 0 Å². The van der Waals surface area contributed by atoms with Crippen LogP contribution in [0.15, 0.2) is 42.5 Å². The van der Waals surface area contributed by atoms with Crippen LogP contribution in [0.4, 0.5) is 17.1 Å². The van der Waals surface area contributed by atoms with Crippen LogP contribution in [0.5, 0.6) is 0 Å². The van der Waals surface area contributed by atoms with Crippen molar-refractivity contribution >= 4 is 17.1 Å². The molecule has 0 aliphatic heterocycles. The molecule has 2 rings (SSSR count). The van der Waals surface area contributed by atoms with Crippen LogP contribution in [0.1, 0.15) is 30.9 Å². The van der Waals surface area contributed by atoms with Gasteiger partial charge in [0.05, 0.1) is 4.92 Å². The molecule has 0 aliphatic rings. The van der Waals surface area contributed by atoms with E-state index in [0.29, 0.717) is 18.2 Å². The molecule has 2 aromatic carbocycles. The Morgan fingerprint density at radius 1 is 1.19 bits per heavy atom. The number of hydrogen-bond donors (Lipinski definition) is 2. The maximum absolute atomic E-state index is 11.1. The number of rotatable bonds is 5. The first kappa shape index (κ1) is 14.8. The molecule has 0 heterocycles. The van der Waals surface area contributed by atoms with Crippen LogP contribution in [0.2, 0.25) is 0 Å². The van der Waals surface area contributed by atoms with E-state index < -0.39 is 4.92 Å². The topological polar surface area (TPSA) is 81.2 Å². The van der Waals surface area contributed by atoms with Gasteiger partial charge in [0.15, 0.2) is 0 Å². The minimum Gasteiger partial charge on any atom is -0.393 e. The third kappa shape index (κ3) is 3.51. The standard InChI is InChI=1S/C16H19N3O2/c1-11(2)13-8-6-12(7-9-13)10-18-15-5-3-4-14(17)16(15)19(20)21/h3-9,11,18H,10,17H2,1-2H3. The number of nitrogens with zero attached hydrogens (tertiary/aromatic N) is 1. The van der Waals surface area contributed by atoms with Gasteiger partial charge in [0.2, 0.25) is 0 Å². The fourth-order valence-corrected chi connectivity index (χ4v) is 2.13. The number of nitrogen functional groups attached to an aromatic ring is 1. The van der Waals surface area contributed by atoms with Crippen LogP contribution in [-0.4, -0.2) is 4.92 Å². The summed E-state index contributed by atoms with van der Waals surface area (Å²) in [5.74, 6) is 0.488. The lowest BCUT2D eigenvalue weighted by molar-refractivity contribution is -0.383. The van der Waals surface area contributed by atoms with Crippen molar-refractivity contribution in [3.05, 3.63) is 63.7 Å². The summed E-state index contributed by atoms with van der Waals surface area (Å²) < 4.78 is 0. The Kier molecular flexibility index (Phi) is 4.42. The number of benzene rings is 2. The number of anilines is 2. The summed E-state index contributed by atoms with van der Waals surface area (Å²) in [7, 11) is 0. The number of nitro benzene ring substituents is 1. The van der Waals surface area contributed by atoms with Crippen LogP contribution < -0.4 is 11.1 Å². The zero-order chi connectivity index (χ0) is 15.4. The smallest absolute Gasteiger partial charge is 0.314 e. The number of hydrogen-bond acceptors (Lipinski definition) is 4. The fourth-order valence-electron chi connectivity index (χ4n) is 2.13. The Balaban J connectivity index is 2.13. The summed E-state index contributed by atoms with van der Waals surface area (Å²) in [4.78, 5) is 10.6. The van der Waals surface area contributed by atoms with Crippen molar-refractivity contribution in [3.8, 4) is 0 Å². The van der Waals surface area contributed by atoms with E-state index in [9.17, 15) is 10.1 Å². The molecule has 110 valence electrons. The van der Waals surface area contributed by atoms with Gasteiger partial charge < -0.3 is 11.1 Å². The first-order valence-corrected chi connectivity index (χ1v) is 6.84. The van der Waals surface area contributed by atoms with Gasteiger partial charge in [-0.2, -0.15) is 0 Å². The molecule has 0 amide bonds. The van der Waals surface area contributed by atoms with E-state index >= 15 is 0 Å². The van der Waals surface area contributed by atoms with Gasteiger partial charge in [0.25, 0.3) is 0 Å². The summed E-state index contributed by atoms with van der Waals surface area (Å²) in [6, 6.07) is 13.1. The van der Waals surface area contributed by atoms with E-state index in [-0.39, 0.29) is 11.4 Å². The van der Waals surface area contributed by atoms with E-state index in [2.05, 4.69) is 31.3 Å². The highest BCUT2D eigenvalue weighted by Crippen LogP contribution is 2.30. The largest absolute Gasteiger partial charge is 0.393 e. The zero-order valence-electron chi connectivity index (χ0n) is 12.2. The van der Waals surface area contributed by atoms with E-state index in [1.165, 1.54) is 11.6 Å². The average molecular weight is 285 g/mol. The molecule has 0 atom stereocenters. The molecule has 0 radical (unpaired) electrons. The number of nitrogens with two attached hydrogens (primary N) is 1. The van der Waals surface area contributed by atoms with Gasteiger partial charge in [-0.05, 0) is 29.2 Å². The number of nitro groups is 1. The molecule has 0 bridgehead atoms. The van der Waals surface area contributed by atoms with Gasteiger partial charge in [-0.1, -0.05) is 44.2 Å². The molecule has 21 heavy (non-hydrogen) atoms.